The molecule has 1 rings (SSSR count). The normalized spacial score (nSPS) is 9.69. The van der Waals surface area contributed by atoms with E-state index < -0.39 is 11.8 Å². The van der Waals surface area contributed by atoms with Crippen molar-refractivity contribution in [2.24, 2.45) is 0 Å². The molecule has 0 radical (unpaired) electrons. The maximum Gasteiger partial charge on any atom is 0.377 e. The van der Waals surface area contributed by atoms with Gasteiger partial charge in [0.25, 0.3) is 5.78 Å². The summed E-state index contributed by atoms with van der Waals surface area (Å²) in [5.74, 6) is -1.86. The lowest BCUT2D eigenvalue weighted by Gasteiger charge is -2.11. The number of methoxy groups -OCH3 is 2. The molecule has 0 aliphatic carbocycles. The monoisotopic (exact) mass is 224 g/mol. The third-order valence-electron chi connectivity index (χ3n) is 2.13. The van der Waals surface area contributed by atoms with Gasteiger partial charge in [-0.3, -0.25) is 4.79 Å². The zero-order valence-corrected chi connectivity index (χ0v) is 9.23. The molecule has 0 bridgehead atoms. The van der Waals surface area contributed by atoms with Gasteiger partial charge in [-0.15, -0.1) is 0 Å². The van der Waals surface area contributed by atoms with Crippen LogP contribution < -0.4 is 9.47 Å². The molecular weight excluding hydrogens is 212 g/mol. The fraction of sp³-hybridized carbons (Fsp3) is 0.273. The molecule has 0 aromatic heterocycles. The van der Waals surface area contributed by atoms with Crippen LogP contribution in [0.15, 0.2) is 12.1 Å². The Hall–Kier alpha value is -2.04. The number of carbonyl (C=O) groups excluding carboxylic acids is 1. The summed E-state index contributed by atoms with van der Waals surface area (Å²) < 4.78 is 9.97. The van der Waals surface area contributed by atoms with Crippen LogP contribution in [0.5, 0.6) is 11.5 Å². The van der Waals surface area contributed by atoms with Crippen LogP contribution in [-0.2, 0) is 4.79 Å². The second-order valence-electron chi connectivity index (χ2n) is 3.16. The molecule has 0 heterocycles. The summed E-state index contributed by atoms with van der Waals surface area (Å²) in [6, 6.07) is 3.01. The van der Waals surface area contributed by atoms with E-state index in [-0.39, 0.29) is 11.3 Å². The molecule has 0 aliphatic heterocycles. The van der Waals surface area contributed by atoms with Crippen LogP contribution in [0.25, 0.3) is 0 Å². The lowest BCUT2D eigenvalue weighted by Crippen LogP contribution is -2.14. The number of hydrogen-bond donors (Lipinski definition) is 1. The number of carbonyl (C=O) groups is 2. The molecule has 16 heavy (non-hydrogen) atoms. The number of aryl methyl sites for hydroxylation is 1. The molecule has 0 saturated carbocycles. The van der Waals surface area contributed by atoms with Gasteiger partial charge in [0, 0.05) is 0 Å². The first-order valence-corrected chi connectivity index (χ1v) is 4.51. The summed E-state index contributed by atoms with van der Waals surface area (Å²) in [6.07, 6.45) is 0. The first-order chi connectivity index (χ1) is 7.51. The predicted molar refractivity (Wildman–Crippen MR) is 56.2 cm³/mol. The largest absolute Gasteiger partial charge is 0.497 e. The number of ether oxygens (including phenoxy) is 2. The Balaban J connectivity index is 3.39. The highest BCUT2D eigenvalue weighted by Gasteiger charge is 2.21. The number of rotatable bonds is 4. The molecule has 0 spiro atoms. The van der Waals surface area contributed by atoms with E-state index in [1.54, 1.807) is 13.0 Å². The van der Waals surface area contributed by atoms with E-state index in [1.165, 1.54) is 20.3 Å². The maximum atomic E-state index is 11.4. The fourth-order valence-electron chi connectivity index (χ4n) is 1.41. The van der Waals surface area contributed by atoms with Gasteiger partial charge in [0.05, 0.1) is 19.8 Å². The quantitative estimate of drug-likeness (QED) is 0.616. The highest BCUT2D eigenvalue weighted by Crippen LogP contribution is 2.29. The van der Waals surface area contributed by atoms with Crippen LogP contribution in [-0.4, -0.2) is 31.1 Å². The number of carboxylic acid groups (broad SMARTS) is 1. The van der Waals surface area contributed by atoms with E-state index in [4.69, 9.17) is 14.6 Å². The topological polar surface area (TPSA) is 72.8 Å². The lowest BCUT2D eigenvalue weighted by molar-refractivity contribution is -0.131. The van der Waals surface area contributed by atoms with Gasteiger partial charge in [-0.2, -0.15) is 0 Å². The lowest BCUT2D eigenvalue weighted by atomic mass is 10.1. The van der Waals surface area contributed by atoms with Crippen LogP contribution in [0.1, 0.15) is 15.9 Å². The Bertz CT molecular complexity index is 436. The third-order valence-corrected chi connectivity index (χ3v) is 2.13. The Morgan fingerprint density at radius 3 is 2.25 bits per heavy atom. The van der Waals surface area contributed by atoms with Crippen molar-refractivity contribution in [2.45, 2.75) is 6.92 Å². The van der Waals surface area contributed by atoms with Crippen molar-refractivity contribution in [1.82, 2.24) is 0 Å². The van der Waals surface area contributed by atoms with Crippen LogP contribution in [0.4, 0.5) is 0 Å². The molecule has 0 saturated heterocycles. The molecule has 86 valence electrons. The van der Waals surface area contributed by atoms with Gasteiger partial charge in [-0.05, 0) is 24.6 Å². The smallest absolute Gasteiger partial charge is 0.377 e. The minimum absolute atomic E-state index is 0.00755. The van der Waals surface area contributed by atoms with Gasteiger partial charge < -0.3 is 14.6 Å². The van der Waals surface area contributed by atoms with E-state index in [9.17, 15) is 9.59 Å². The molecule has 1 N–H and O–H groups in total. The van der Waals surface area contributed by atoms with E-state index >= 15 is 0 Å². The molecule has 5 heteroatoms. The molecule has 0 amide bonds. The highest BCUT2D eigenvalue weighted by atomic mass is 16.5. The summed E-state index contributed by atoms with van der Waals surface area (Å²) in [4.78, 5) is 22.0. The molecule has 0 atom stereocenters. The van der Waals surface area contributed by atoms with E-state index in [2.05, 4.69) is 0 Å². The zero-order chi connectivity index (χ0) is 12.3. The Morgan fingerprint density at radius 1 is 1.19 bits per heavy atom. The van der Waals surface area contributed by atoms with Gasteiger partial charge in [0.1, 0.15) is 11.5 Å². The number of hydrogen-bond acceptors (Lipinski definition) is 4. The first kappa shape index (κ1) is 12.0. The molecule has 0 fully saturated rings. The Kier molecular flexibility index (Phi) is 3.50. The van der Waals surface area contributed by atoms with Crippen molar-refractivity contribution in [3.8, 4) is 11.5 Å². The van der Waals surface area contributed by atoms with Crippen molar-refractivity contribution in [2.75, 3.05) is 14.2 Å². The van der Waals surface area contributed by atoms with Crippen molar-refractivity contribution >= 4 is 11.8 Å². The molecule has 5 nitrogen and oxygen atoms in total. The number of benzene rings is 1. The number of ketones is 1. The molecular formula is C11H12O5. The third kappa shape index (κ3) is 2.13. The Morgan fingerprint density at radius 2 is 1.81 bits per heavy atom. The summed E-state index contributed by atoms with van der Waals surface area (Å²) >= 11 is 0. The minimum Gasteiger partial charge on any atom is -0.497 e. The van der Waals surface area contributed by atoms with Crippen LogP contribution in [0.3, 0.4) is 0 Å². The summed E-state index contributed by atoms with van der Waals surface area (Å²) in [5.41, 5.74) is 0.637. The van der Waals surface area contributed by atoms with Gasteiger partial charge in [0.2, 0.25) is 0 Å². The standard InChI is InChI=1S/C11H12O5/c1-6-4-7(15-2)5-8(10(6)16-3)9(12)11(13)14/h4-5H,1-3H3,(H,13,14). The second kappa shape index (κ2) is 4.65. The SMILES string of the molecule is COc1cc(C)c(OC)c(C(=O)C(=O)O)c1. The van der Waals surface area contributed by atoms with Crippen LogP contribution in [0.2, 0.25) is 0 Å². The maximum absolute atomic E-state index is 11.4. The number of carboxylic acids is 1. The van der Waals surface area contributed by atoms with Gasteiger partial charge in [-0.25, -0.2) is 4.79 Å². The van der Waals surface area contributed by atoms with Gasteiger partial charge >= 0.3 is 5.97 Å². The van der Waals surface area contributed by atoms with Crippen molar-refractivity contribution in [3.05, 3.63) is 23.3 Å². The average Bonchev–Trinajstić information content (AvgIpc) is 2.26. The second-order valence-corrected chi connectivity index (χ2v) is 3.16. The fourth-order valence-corrected chi connectivity index (χ4v) is 1.41. The first-order valence-electron chi connectivity index (χ1n) is 4.51. The van der Waals surface area contributed by atoms with Crippen molar-refractivity contribution in [3.63, 3.8) is 0 Å². The predicted octanol–water partition coefficient (Wildman–Crippen LogP) is 1.28. The van der Waals surface area contributed by atoms with Crippen LogP contribution in [0, 0.1) is 6.92 Å². The van der Waals surface area contributed by atoms with Crippen LogP contribution >= 0.6 is 0 Å². The van der Waals surface area contributed by atoms with E-state index in [0.717, 1.165) is 0 Å². The van der Waals surface area contributed by atoms with E-state index in [0.29, 0.717) is 11.3 Å². The van der Waals surface area contributed by atoms with Gasteiger partial charge in [0.15, 0.2) is 0 Å². The molecule has 1 aromatic rings. The average molecular weight is 224 g/mol. The summed E-state index contributed by atoms with van der Waals surface area (Å²) in [5, 5.41) is 8.66. The highest BCUT2D eigenvalue weighted by molar-refractivity contribution is 6.40. The van der Waals surface area contributed by atoms with E-state index in [1.807, 2.05) is 0 Å². The number of Topliss-reactive ketones (excluding diaryl/α,β-unsaturated/α-hetero) is 1. The van der Waals surface area contributed by atoms with Crippen molar-refractivity contribution < 1.29 is 24.2 Å². The minimum atomic E-state index is -1.52. The molecule has 0 unspecified atom stereocenters. The summed E-state index contributed by atoms with van der Waals surface area (Å²) in [7, 11) is 2.82. The van der Waals surface area contributed by atoms with Gasteiger partial charge in [-0.1, -0.05) is 0 Å². The number of aliphatic carboxylic acids is 1. The molecule has 0 aliphatic rings. The molecule has 1 aromatic carbocycles. The Labute approximate surface area is 92.6 Å². The summed E-state index contributed by atoms with van der Waals surface area (Å²) in [6.45, 7) is 1.71. The zero-order valence-electron chi connectivity index (χ0n) is 9.23. The van der Waals surface area contributed by atoms with Crippen molar-refractivity contribution in [1.29, 1.82) is 0 Å².